The van der Waals surface area contributed by atoms with Gasteiger partial charge in [0.1, 0.15) is 22.8 Å². The number of carbonyl (C=O) groups excluding carboxylic acids is 2. The first-order chi connectivity index (χ1) is 15.5. The van der Waals surface area contributed by atoms with Crippen LogP contribution in [0.1, 0.15) is 77.0 Å². The summed E-state index contributed by atoms with van der Waals surface area (Å²) in [5.41, 5.74) is 1.87. The molecule has 2 aliphatic rings. The quantitative estimate of drug-likeness (QED) is 0.559. The normalized spacial score (nSPS) is 17.6. The number of ether oxygens (including phenoxy) is 1. The largest absolute Gasteiger partial charge is 0.486 e. The maximum absolute atomic E-state index is 13.4. The lowest BCUT2D eigenvalue weighted by molar-refractivity contribution is 0.0301. The van der Waals surface area contributed by atoms with E-state index < -0.39 is 11.5 Å². The van der Waals surface area contributed by atoms with Gasteiger partial charge in [0, 0.05) is 17.5 Å². The van der Waals surface area contributed by atoms with E-state index in [-0.39, 0.29) is 23.9 Å². The van der Waals surface area contributed by atoms with Crippen LogP contribution >= 0.6 is 0 Å². The molecule has 1 aliphatic carbocycles. The third kappa shape index (κ3) is 3.68. The molecule has 32 heavy (non-hydrogen) atoms. The number of hydrogen-bond donors (Lipinski definition) is 1. The summed E-state index contributed by atoms with van der Waals surface area (Å²) in [5.74, 6) is 0.0439. The number of fused-ring (bicyclic) bond motifs is 3. The van der Waals surface area contributed by atoms with Crippen molar-refractivity contribution in [3.8, 4) is 5.75 Å². The van der Waals surface area contributed by atoms with Crippen LogP contribution in [0, 0.1) is 12.7 Å². The molecule has 1 N–H and O–H groups in total. The van der Waals surface area contributed by atoms with E-state index in [1.165, 1.54) is 25.0 Å². The van der Waals surface area contributed by atoms with E-state index >= 15 is 0 Å². The molecule has 2 heterocycles. The van der Waals surface area contributed by atoms with Crippen molar-refractivity contribution in [2.24, 2.45) is 0 Å². The van der Waals surface area contributed by atoms with Crippen molar-refractivity contribution in [1.82, 2.24) is 5.32 Å². The lowest BCUT2D eigenvalue weighted by Gasteiger charge is -2.37. The Labute approximate surface area is 185 Å². The average Bonchev–Trinajstić information content (AvgIpc) is 2.95. The van der Waals surface area contributed by atoms with E-state index in [1.54, 1.807) is 31.2 Å². The van der Waals surface area contributed by atoms with Gasteiger partial charge < -0.3 is 14.5 Å². The Morgan fingerprint density at radius 3 is 2.66 bits per heavy atom. The molecule has 3 aromatic rings. The highest BCUT2D eigenvalue weighted by molar-refractivity contribution is 6.13. The molecule has 6 heteroatoms. The van der Waals surface area contributed by atoms with E-state index in [0.717, 1.165) is 25.7 Å². The van der Waals surface area contributed by atoms with Gasteiger partial charge in [-0.1, -0.05) is 25.0 Å². The third-order valence-corrected chi connectivity index (χ3v) is 6.71. The lowest BCUT2D eigenvalue weighted by Crippen LogP contribution is -2.41. The minimum Gasteiger partial charge on any atom is -0.486 e. The number of nitrogens with one attached hydrogen (secondary N) is 1. The van der Waals surface area contributed by atoms with Crippen LogP contribution in [0.2, 0.25) is 0 Å². The highest BCUT2D eigenvalue weighted by Gasteiger charge is 2.42. The van der Waals surface area contributed by atoms with Crippen molar-refractivity contribution in [3.63, 3.8) is 0 Å². The number of carbonyl (C=O) groups is 2. The number of benzene rings is 2. The zero-order valence-electron chi connectivity index (χ0n) is 18.1. The molecule has 1 aromatic heterocycles. The Morgan fingerprint density at radius 2 is 1.91 bits per heavy atom. The topological polar surface area (TPSA) is 68.5 Å². The summed E-state index contributed by atoms with van der Waals surface area (Å²) in [5, 5.41) is 3.42. The van der Waals surface area contributed by atoms with Crippen molar-refractivity contribution in [1.29, 1.82) is 0 Å². The van der Waals surface area contributed by atoms with Gasteiger partial charge in [0.25, 0.3) is 5.91 Å². The van der Waals surface area contributed by atoms with Gasteiger partial charge in [-0.2, -0.15) is 0 Å². The predicted octanol–water partition coefficient (Wildman–Crippen LogP) is 5.87. The van der Waals surface area contributed by atoms with Gasteiger partial charge in [-0.3, -0.25) is 9.59 Å². The summed E-state index contributed by atoms with van der Waals surface area (Å²) in [7, 11) is 0. The molecule has 5 rings (SSSR count). The fourth-order valence-electron chi connectivity index (χ4n) is 5.11. The van der Waals surface area contributed by atoms with E-state index in [2.05, 4.69) is 5.32 Å². The monoisotopic (exact) mass is 435 g/mol. The van der Waals surface area contributed by atoms with Crippen LogP contribution in [0.4, 0.5) is 4.39 Å². The number of Topliss-reactive ketones (excluding diaryl/α,β-unsaturated/α-hetero) is 1. The van der Waals surface area contributed by atoms with Crippen LogP contribution in [0.25, 0.3) is 11.0 Å². The van der Waals surface area contributed by atoms with Crippen molar-refractivity contribution in [3.05, 3.63) is 64.7 Å². The molecular weight excluding hydrogens is 409 g/mol. The molecule has 2 aromatic carbocycles. The summed E-state index contributed by atoms with van der Waals surface area (Å²) < 4.78 is 25.7. The zero-order chi connectivity index (χ0) is 22.3. The van der Waals surface area contributed by atoms with Crippen LogP contribution in [0.15, 0.2) is 40.8 Å². The molecule has 5 nitrogen and oxygen atoms in total. The Balaban J connectivity index is 1.45. The SMILES string of the molecule is Cc1c(C(=O)NCc2cccc(F)c2)oc2ccc3c(c12)C(=O)CC1(CCCCCC1)O3. The van der Waals surface area contributed by atoms with Gasteiger partial charge in [0.15, 0.2) is 11.5 Å². The van der Waals surface area contributed by atoms with Crippen molar-refractivity contribution in [2.75, 3.05) is 0 Å². The summed E-state index contributed by atoms with van der Waals surface area (Å²) in [6.45, 7) is 1.96. The number of furan rings is 1. The van der Waals surface area contributed by atoms with Crippen molar-refractivity contribution < 1.29 is 23.1 Å². The van der Waals surface area contributed by atoms with Crippen molar-refractivity contribution >= 4 is 22.7 Å². The Hall–Kier alpha value is -3.15. The fraction of sp³-hybridized carbons (Fsp3) is 0.385. The number of aryl methyl sites for hydroxylation is 1. The standard InChI is InChI=1S/C26H26FNO4/c1-16-22-20(31-24(16)25(30)28-15-17-7-6-8-18(27)13-17)9-10-21-23(22)19(29)14-26(32-21)11-4-2-3-5-12-26/h6-10,13H,2-5,11-12,14-15H2,1H3,(H,28,30). The number of rotatable bonds is 3. The highest BCUT2D eigenvalue weighted by Crippen LogP contribution is 2.44. The molecule has 0 bridgehead atoms. The van der Waals surface area contributed by atoms with E-state index in [0.29, 0.717) is 39.8 Å². The first-order valence-corrected chi connectivity index (χ1v) is 11.3. The van der Waals surface area contributed by atoms with Gasteiger partial charge in [-0.05, 0) is 62.4 Å². The van der Waals surface area contributed by atoms with Crippen LogP contribution in [0.3, 0.4) is 0 Å². The summed E-state index contributed by atoms with van der Waals surface area (Å²) in [6, 6.07) is 9.64. The first-order valence-electron chi connectivity index (χ1n) is 11.3. The van der Waals surface area contributed by atoms with Gasteiger partial charge >= 0.3 is 0 Å². The molecule has 1 aliphatic heterocycles. The molecule has 1 saturated carbocycles. The number of hydrogen-bond acceptors (Lipinski definition) is 4. The average molecular weight is 435 g/mol. The fourth-order valence-corrected chi connectivity index (χ4v) is 5.11. The second-order valence-electron chi connectivity index (χ2n) is 8.98. The third-order valence-electron chi connectivity index (χ3n) is 6.71. The molecule has 1 amide bonds. The highest BCUT2D eigenvalue weighted by atomic mass is 19.1. The Morgan fingerprint density at radius 1 is 1.12 bits per heavy atom. The first kappa shape index (κ1) is 20.7. The van der Waals surface area contributed by atoms with Gasteiger partial charge in [-0.25, -0.2) is 4.39 Å². The number of amides is 1. The maximum atomic E-state index is 13.4. The summed E-state index contributed by atoms with van der Waals surface area (Å²) >= 11 is 0. The van der Waals surface area contributed by atoms with E-state index in [4.69, 9.17) is 9.15 Å². The number of ketones is 1. The van der Waals surface area contributed by atoms with E-state index in [9.17, 15) is 14.0 Å². The molecule has 0 unspecified atom stereocenters. The Kier molecular flexibility index (Phi) is 5.24. The van der Waals surface area contributed by atoms with Crippen LogP contribution < -0.4 is 10.1 Å². The second kappa shape index (κ2) is 8.08. The Bertz CT molecular complexity index is 1200. The van der Waals surface area contributed by atoms with Crippen LogP contribution in [-0.4, -0.2) is 17.3 Å². The molecular formula is C26H26FNO4. The molecule has 1 fully saturated rings. The second-order valence-corrected chi connectivity index (χ2v) is 8.98. The smallest absolute Gasteiger partial charge is 0.287 e. The zero-order valence-corrected chi connectivity index (χ0v) is 18.1. The van der Waals surface area contributed by atoms with Gasteiger partial charge in [0.2, 0.25) is 0 Å². The number of halogens is 1. The summed E-state index contributed by atoms with van der Waals surface area (Å²) in [4.78, 5) is 26.1. The molecule has 166 valence electrons. The van der Waals surface area contributed by atoms with Crippen LogP contribution in [-0.2, 0) is 6.54 Å². The minimum absolute atomic E-state index is 0.0503. The maximum Gasteiger partial charge on any atom is 0.287 e. The summed E-state index contributed by atoms with van der Waals surface area (Å²) in [6.07, 6.45) is 6.67. The van der Waals surface area contributed by atoms with Crippen molar-refractivity contribution in [2.45, 2.75) is 64.0 Å². The minimum atomic E-state index is -0.406. The molecule has 0 atom stereocenters. The van der Waals surface area contributed by atoms with Crippen LogP contribution in [0.5, 0.6) is 5.75 Å². The lowest BCUT2D eigenvalue weighted by atomic mass is 9.83. The van der Waals surface area contributed by atoms with Gasteiger partial charge in [0.05, 0.1) is 12.0 Å². The molecule has 1 spiro atoms. The van der Waals surface area contributed by atoms with E-state index in [1.807, 2.05) is 0 Å². The predicted molar refractivity (Wildman–Crippen MR) is 119 cm³/mol. The molecule has 0 saturated heterocycles. The molecule has 0 radical (unpaired) electrons. The van der Waals surface area contributed by atoms with Gasteiger partial charge in [-0.15, -0.1) is 0 Å².